The second-order valence-electron chi connectivity index (χ2n) is 7.11. The lowest BCUT2D eigenvalue weighted by Crippen LogP contribution is -2.20. The van der Waals surface area contributed by atoms with E-state index in [1.807, 2.05) is 30.3 Å². The molecule has 0 saturated heterocycles. The fourth-order valence-electron chi connectivity index (χ4n) is 3.36. The minimum absolute atomic E-state index is 0. The number of rotatable bonds is 10. The molecule has 6 heteroatoms. The number of hydrogen-bond donors (Lipinski definition) is 1. The maximum atomic E-state index is 6.24. The third-order valence-electron chi connectivity index (χ3n) is 4.99. The fourth-order valence-corrected chi connectivity index (χ4v) is 3.87. The maximum Gasteiger partial charge on any atom is 0.161 e. The van der Waals surface area contributed by atoms with E-state index in [1.54, 1.807) is 19.2 Å². The van der Waals surface area contributed by atoms with Gasteiger partial charge in [0.2, 0.25) is 0 Å². The van der Waals surface area contributed by atoms with Crippen LogP contribution >= 0.6 is 35.6 Å². The van der Waals surface area contributed by atoms with Crippen LogP contribution in [0.3, 0.4) is 0 Å². The molecule has 3 aromatic carbocycles. The highest BCUT2D eigenvalue weighted by atomic mass is 35.5. The van der Waals surface area contributed by atoms with Crippen molar-refractivity contribution in [3.05, 3.63) is 93.5 Å². The van der Waals surface area contributed by atoms with E-state index in [1.165, 1.54) is 5.56 Å². The average molecular weight is 481 g/mol. The molecule has 0 fully saturated rings. The average Bonchev–Trinajstić information content (AvgIpc) is 2.77. The van der Waals surface area contributed by atoms with E-state index in [0.717, 1.165) is 30.5 Å². The monoisotopic (exact) mass is 479 g/mol. The summed E-state index contributed by atoms with van der Waals surface area (Å²) in [7, 11) is 1.64. The van der Waals surface area contributed by atoms with Crippen molar-refractivity contribution in [1.29, 1.82) is 0 Å². The lowest BCUT2D eigenvalue weighted by molar-refractivity contribution is 0.284. The highest BCUT2D eigenvalue weighted by Crippen LogP contribution is 2.31. The van der Waals surface area contributed by atoms with Gasteiger partial charge in [-0.1, -0.05) is 79.0 Å². The van der Waals surface area contributed by atoms with Crippen molar-refractivity contribution in [2.24, 2.45) is 0 Å². The van der Waals surface area contributed by atoms with Gasteiger partial charge in [-0.25, -0.2) is 0 Å². The van der Waals surface area contributed by atoms with Crippen molar-refractivity contribution < 1.29 is 9.47 Å². The molecule has 3 aromatic rings. The first kappa shape index (κ1) is 25.4. The number of benzene rings is 3. The van der Waals surface area contributed by atoms with Crippen LogP contribution in [0, 0.1) is 0 Å². The summed E-state index contributed by atoms with van der Waals surface area (Å²) < 4.78 is 11.5. The van der Waals surface area contributed by atoms with Crippen molar-refractivity contribution in [2.45, 2.75) is 39.0 Å². The summed E-state index contributed by atoms with van der Waals surface area (Å²) in [4.78, 5) is 0. The summed E-state index contributed by atoms with van der Waals surface area (Å²) in [5.41, 5.74) is 3.20. The van der Waals surface area contributed by atoms with Gasteiger partial charge in [-0.2, -0.15) is 0 Å². The van der Waals surface area contributed by atoms with Crippen LogP contribution < -0.4 is 14.8 Å². The van der Waals surface area contributed by atoms with Crippen molar-refractivity contribution in [3.63, 3.8) is 0 Å². The molecule has 3 nitrogen and oxygen atoms in total. The predicted octanol–water partition coefficient (Wildman–Crippen LogP) is 7.63. The molecule has 0 aliphatic rings. The molecule has 1 unspecified atom stereocenters. The van der Waals surface area contributed by atoms with Gasteiger partial charge in [0.1, 0.15) is 6.61 Å². The Morgan fingerprint density at radius 1 is 0.903 bits per heavy atom. The van der Waals surface area contributed by atoms with Gasteiger partial charge >= 0.3 is 0 Å². The zero-order valence-electron chi connectivity index (χ0n) is 17.7. The maximum absolute atomic E-state index is 6.24. The Morgan fingerprint density at radius 3 is 2.26 bits per heavy atom. The normalized spacial score (nSPS) is 11.5. The fraction of sp³-hybridized carbons (Fsp3) is 0.280. The number of hydrogen-bond acceptors (Lipinski definition) is 3. The third-order valence-corrected chi connectivity index (χ3v) is 5.70. The molecular weight excluding hydrogens is 453 g/mol. The molecule has 0 saturated carbocycles. The van der Waals surface area contributed by atoms with E-state index >= 15 is 0 Å². The Bertz CT molecular complexity index is 931. The number of nitrogens with one attached hydrogen (secondary N) is 1. The van der Waals surface area contributed by atoms with Gasteiger partial charge < -0.3 is 14.8 Å². The van der Waals surface area contributed by atoms with E-state index in [4.69, 9.17) is 32.7 Å². The molecule has 0 heterocycles. The van der Waals surface area contributed by atoms with E-state index < -0.39 is 0 Å². The van der Waals surface area contributed by atoms with Gasteiger partial charge in [0.05, 0.1) is 7.11 Å². The molecule has 0 aliphatic heterocycles. The van der Waals surface area contributed by atoms with Crippen LogP contribution in [-0.2, 0) is 13.2 Å². The van der Waals surface area contributed by atoms with Crippen LogP contribution in [-0.4, -0.2) is 7.11 Å². The first-order valence-electron chi connectivity index (χ1n) is 10.1. The quantitative estimate of drug-likeness (QED) is 0.323. The van der Waals surface area contributed by atoms with Gasteiger partial charge in [-0.15, -0.1) is 12.4 Å². The van der Waals surface area contributed by atoms with Crippen LogP contribution in [0.5, 0.6) is 11.5 Å². The van der Waals surface area contributed by atoms with Gasteiger partial charge in [-0.3, -0.25) is 0 Å². The van der Waals surface area contributed by atoms with E-state index in [9.17, 15) is 0 Å². The molecule has 0 spiro atoms. The van der Waals surface area contributed by atoms with Gasteiger partial charge in [0.15, 0.2) is 11.5 Å². The van der Waals surface area contributed by atoms with Crippen LogP contribution in [0.2, 0.25) is 10.0 Å². The summed E-state index contributed by atoms with van der Waals surface area (Å²) >= 11 is 12.5. The second-order valence-corrected chi connectivity index (χ2v) is 7.92. The zero-order chi connectivity index (χ0) is 21.3. The Balaban J connectivity index is 0.00000341. The number of methoxy groups -OCH3 is 1. The topological polar surface area (TPSA) is 30.5 Å². The van der Waals surface area contributed by atoms with E-state index in [2.05, 4.69) is 36.5 Å². The van der Waals surface area contributed by atoms with Crippen molar-refractivity contribution in [1.82, 2.24) is 5.32 Å². The summed E-state index contributed by atoms with van der Waals surface area (Å²) in [5.74, 6) is 1.34. The summed E-state index contributed by atoms with van der Waals surface area (Å²) in [6.07, 6.45) is 2.20. The van der Waals surface area contributed by atoms with E-state index in [0.29, 0.717) is 27.6 Å². The minimum atomic E-state index is 0. The Morgan fingerprint density at radius 2 is 1.61 bits per heavy atom. The van der Waals surface area contributed by atoms with E-state index in [-0.39, 0.29) is 19.0 Å². The molecule has 1 N–H and O–H groups in total. The first-order valence-corrected chi connectivity index (χ1v) is 10.9. The molecule has 31 heavy (non-hydrogen) atoms. The zero-order valence-corrected chi connectivity index (χ0v) is 20.1. The molecule has 1 atom stereocenters. The lowest BCUT2D eigenvalue weighted by atomic mass is 10.0. The third kappa shape index (κ3) is 7.05. The van der Waals surface area contributed by atoms with Crippen LogP contribution in [0.4, 0.5) is 0 Å². The second kappa shape index (κ2) is 12.8. The molecule has 166 valence electrons. The molecule has 0 amide bonds. The number of halogens is 3. The minimum Gasteiger partial charge on any atom is -0.493 e. The SMILES string of the molecule is CCCC(NCc1ccc(OCc2c(Cl)cccc2Cl)c(OC)c1)c1ccccc1.Cl. The molecule has 0 bridgehead atoms. The number of ether oxygens (including phenoxy) is 2. The van der Waals surface area contributed by atoms with Gasteiger partial charge in [0.25, 0.3) is 0 Å². The Labute approximate surface area is 201 Å². The molecule has 0 aliphatic carbocycles. The van der Waals surface area contributed by atoms with Crippen LogP contribution in [0.15, 0.2) is 66.7 Å². The molecule has 0 radical (unpaired) electrons. The van der Waals surface area contributed by atoms with Crippen molar-refractivity contribution in [3.8, 4) is 11.5 Å². The van der Waals surface area contributed by atoms with Crippen molar-refractivity contribution in [2.75, 3.05) is 7.11 Å². The standard InChI is InChI=1S/C25H27Cl2NO2.ClH/c1-3-8-23(19-9-5-4-6-10-19)28-16-18-13-14-24(25(15-18)29-2)30-17-20-21(26)11-7-12-22(20)27;/h4-7,9-15,23,28H,3,8,16-17H2,1-2H3;1H. The van der Waals surface area contributed by atoms with Crippen LogP contribution in [0.1, 0.15) is 42.5 Å². The summed E-state index contributed by atoms with van der Waals surface area (Å²) in [6, 6.07) is 22.3. The van der Waals surface area contributed by atoms with Gasteiger partial charge in [-0.05, 0) is 41.8 Å². The molecule has 3 rings (SSSR count). The first-order chi connectivity index (χ1) is 14.6. The largest absolute Gasteiger partial charge is 0.493 e. The van der Waals surface area contributed by atoms with Gasteiger partial charge in [0, 0.05) is 28.2 Å². The predicted molar refractivity (Wildman–Crippen MR) is 132 cm³/mol. The highest BCUT2D eigenvalue weighted by Gasteiger charge is 2.12. The Hall–Kier alpha value is -1.91. The molecular formula is C25H28Cl3NO2. The highest BCUT2D eigenvalue weighted by molar-refractivity contribution is 6.35. The van der Waals surface area contributed by atoms with Crippen molar-refractivity contribution >= 4 is 35.6 Å². The molecule has 0 aromatic heterocycles. The van der Waals surface area contributed by atoms with Crippen LogP contribution in [0.25, 0.3) is 0 Å². The summed E-state index contributed by atoms with van der Waals surface area (Å²) in [5, 5.41) is 4.84. The Kier molecular flexibility index (Phi) is 10.5. The smallest absolute Gasteiger partial charge is 0.161 e. The lowest BCUT2D eigenvalue weighted by Gasteiger charge is -2.19. The summed E-state index contributed by atoms with van der Waals surface area (Å²) in [6.45, 7) is 3.23.